The first-order valence-electron chi connectivity index (χ1n) is 6.82. The first-order valence-corrected chi connectivity index (χ1v) is 6.82. The monoisotopic (exact) mass is 273 g/mol. The lowest BCUT2D eigenvalue weighted by Crippen LogP contribution is -2.36. The summed E-state index contributed by atoms with van der Waals surface area (Å²) in [6.07, 6.45) is 3.44. The molecule has 1 amide bonds. The van der Waals surface area contributed by atoms with Gasteiger partial charge in [0.05, 0.1) is 10.9 Å². The standard InChI is InChI=1S/C15H19N3O2/c1-3-6-11(2)18-14(19)9-20-15-12-7-4-5-8-13(12)16-10-17-15/h4-5,7-8,10-11H,3,6,9H2,1-2H3,(H,18,19)/t11-/m1/s1. The molecule has 0 saturated heterocycles. The summed E-state index contributed by atoms with van der Waals surface area (Å²) < 4.78 is 5.50. The lowest BCUT2D eigenvalue weighted by Gasteiger charge is -2.13. The Kier molecular flexibility index (Phi) is 4.87. The number of aromatic nitrogens is 2. The summed E-state index contributed by atoms with van der Waals surface area (Å²) in [5.41, 5.74) is 0.803. The Morgan fingerprint density at radius 1 is 1.35 bits per heavy atom. The third-order valence-electron chi connectivity index (χ3n) is 2.98. The van der Waals surface area contributed by atoms with Crippen LogP contribution in [-0.4, -0.2) is 28.5 Å². The van der Waals surface area contributed by atoms with Crippen molar-refractivity contribution in [2.45, 2.75) is 32.7 Å². The van der Waals surface area contributed by atoms with Gasteiger partial charge in [0.2, 0.25) is 5.88 Å². The average Bonchev–Trinajstić information content (AvgIpc) is 2.45. The molecule has 0 aliphatic rings. The molecule has 2 aromatic rings. The molecule has 1 heterocycles. The Labute approximate surface area is 118 Å². The van der Waals surface area contributed by atoms with Gasteiger partial charge in [-0.15, -0.1) is 0 Å². The normalized spacial score (nSPS) is 12.1. The zero-order valence-electron chi connectivity index (χ0n) is 11.8. The molecule has 0 bridgehead atoms. The minimum absolute atomic E-state index is 0.0327. The van der Waals surface area contributed by atoms with Crippen LogP contribution in [0.15, 0.2) is 30.6 Å². The predicted octanol–water partition coefficient (Wildman–Crippen LogP) is 2.31. The van der Waals surface area contributed by atoms with Crippen molar-refractivity contribution >= 4 is 16.8 Å². The highest BCUT2D eigenvalue weighted by Gasteiger charge is 2.09. The van der Waals surface area contributed by atoms with Gasteiger partial charge in [0.15, 0.2) is 6.61 Å². The largest absolute Gasteiger partial charge is 0.467 e. The third kappa shape index (κ3) is 3.66. The first-order chi connectivity index (χ1) is 9.70. The van der Waals surface area contributed by atoms with Crippen molar-refractivity contribution in [3.63, 3.8) is 0 Å². The highest BCUT2D eigenvalue weighted by Crippen LogP contribution is 2.20. The van der Waals surface area contributed by atoms with Crippen molar-refractivity contribution in [2.75, 3.05) is 6.61 Å². The molecule has 0 spiro atoms. The van der Waals surface area contributed by atoms with Crippen LogP contribution in [0.25, 0.3) is 10.9 Å². The third-order valence-corrected chi connectivity index (χ3v) is 2.98. The van der Waals surface area contributed by atoms with Crippen molar-refractivity contribution in [3.8, 4) is 5.88 Å². The molecular formula is C15H19N3O2. The van der Waals surface area contributed by atoms with Gasteiger partial charge in [-0.1, -0.05) is 25.5 Å². The number of nitrogens with one attached hydrogen (secondary N) is 1. The number of amides is 1. The molecular weight excluding hydrogens is 254 g/mol. The summed E-state index contributed by atoms with van der Waals surface area (Å²) in [5, 5.41) is 3.70. The summed E-state index contributed by atoms with van der Waals surface area (Å²) in [7, 11) is 0. The number of hydrogen-bond donors (Lipinski definition) is 1. The summed E-state index contributed by atoms with van der Waals surface area (Å²) in [4.78, 5) is 20.0. The van der Waals surface area contributed by atoms with E-state index in [9.17, 15) is 4.79 Å². The number of nitrogens with zero attached hydrogens (tertiary/aromatic N) is 2. The zero-order valence-corrected chi connectivity index (χ0v) is 11.8. The molecule has 1 aromatic carbocycles. The number of ether oxygens (including phenoxy) is 1. The van der Waals surface area contributed by atoms with Crippen LogP contribution in [0.1, 0.15) is 26.7 Å². The summed E-state index contributed by atoms with van der Waals surface area (Å²) in [6.45, 7) is 4.04. The van der Waals surface area contributed by atoms with E-state index in [-0.39, 0.29) is 18.6 Å². The van der Waals surface area contributed by atoms with Crippen LogP contribution in [0, 0.1) is 0 Å². The second-order valence-corrected chi connectivity index (χ2v) is 4.74. The van der Waals surface area contributed by atoms with Crippen LogP contribution in [-0.2, 0) is 4.79 Å². The Balaban J connectivity index is 1.97. The van der Waals surface area contributed by atoms with E-state index < -0.39 is 0 Å². The lowest BCUT2D eigenvalue weighted by molar-refractivity contribution is -0.123. The maximum atomic E-state index is 11.8. The van der Waals surface area contributed by atoms with Gasteiger partial charge in [-0.05, 0) is 25.5 Å². The van der Waals surface area contributed by atoms with E-state index in [2.05, 4.69) is 22.2 Å². The number of benzene rings is 1. The molecule has 5 nitrogen and oxygen atoms in total. The van der Waals surface area contributed by atoms with E-state index in [4.69, 9.17) is 4.74 Å². The maximum absolute atomic E-state index is 11.8. The lowest BCUT2D eigenvalue weighted by atomic mass is 10.2. The van der Waals surface area contributed by atoms with E-state index in [1.165, 1.54) is 6.33 Å². The molecule has 1 N–H and O–H groups in total. The van der Waals surface area contributed by atoms with E-state index in [1.54, 1.807) is 0 Å². The van der Waals surface area contributed by atoms with E-state index in [0.29, 0.717) is 5.88 Å². The molecule has 0 radical (unpaired) electrons. The van der Waals surface area contributed by atoms with Crippen molar-refractivity contribution in [3.05, 3.63) is 30.6 Å². The van der Waals surface area contributed by atoms with Crippen molar-refractivity contribution < 1.29 is 9.53 Å². The van der Waals surface area contributed by atoms with Crippen LogP contribution in [0.5, 0.6) is 5.88 Å². The number of rotatable bonds is 6. The second-order valence-electron chi connectivity index (χ2n) is 4.74. The van der Waals surface area contributed by atoms with Crippen molar-refractivity contribution in [1.82, 2.24) is 15.3 Å². The minimum atomic E-state index is -0.131. The Morgan fingerprint density at radius 3 is 2.95 bits per heavy atom. The highest BCUT2D eigenvalue weighted by atomic mass is 16.5. The molecule has 2 rings (SSSR count). The van der Waals surface area contributed by atoms with Crippen LogP contribution in [0.4, 0.5) is 0 Å². The molecule has 1 atom stereocenters. The number of carbonyl (C=O) groups is 1. The van der Waals surface area contributed by atoms with Gasteiger partial charge in [-0.25, -0.2) is 9.97 Å². The molecule has 1 aromatic heterocycles. The predicted molar refractivity (Wildman–Crippen MR) is 77.5 cm³/mol. The molecule has 0 fully saturated rings. The van der Waals surface area contributed by atoms with Gasteiger partial charge < -0.3 is 10.1 Å². The van der Waals surface area contributed by atoms with Crippen LogP contribution in [0.2, 0.25) is 0 Å². The highest BCUT2D eigenvalue weighted by molar-refractivity contribution is 5.84. The van der Waals surface area contributed by atoms with Crippen LogP contribution in [0.3, 0.4) is 0 Å². The molecule has 0 saturated carbocycles. The van der Waals surface area contributed by atoms with Gasteiger partial charge in [0, 0.05) is 6.04 Å². The fourth-order valence-electron chi connectivity index (χ4n) is 2.05. The van der Waals surface area contributed by atoms with E-state index in [0.717, 1.165) is 23.7 Å². The molecule has 20 heavy (non-hydrogen) atoms. The summed E-state index contributed by atoms with van der Waals surface area (Å²) in [5.74, 6) is 0.308. The van der Waals surface area contributed by atoms with Crippen molar-refractivity contribution in [1.29, 1.82) is 0 Å². The fourth-order valence-corrected chi connectivity index (χ4v) is 2.05. The van der Waals surface area contributed by atoms with Gasteiger partial charge in [0.25, 0.3) is 5.91 Å². The first kappa shape index (κ1) is 14.2. The van der Waals surface area contributed by atoms with Crippen LogP contribution < -0.4 is 10.1 Å². The van der Waals surface area contributed by atoms with Gasteiger partial charge in [-0.3, -0.25) is 4.79 Å². The van der Waals surface area contributed by atoms with Gasteiger partial charge in [-0.2, -0.15) is 0 Å². The Morgan fingerprint density at radius 2 is 2.15 bits per heavy atom. The van der Waals surface area contributed by atoms with Gasteiger partial charge >= 0.3 is 0 Å². The SMILES string of the molecule is CCC[C@@H](C)NC(=O)COc1ncnc2ccccc12. The number of fused-ring (bicyclic) bond motifs is 1. The average molecular weight is 273 g/mol. The number of para-hydroxylation sites is 1. The van der Waals surface area contributed by atoms with E-state index >= 15 is 0 Å². The fraction of sp³-hybridized carbons (Fsp3) is 0.400. The Bertz CT molecular complexity index is 581. The second kappa shape index (κ2) is 6.84. The molecule has 106 valence electrons. The van der Waals surface area contributed by atoms with Crippen LogP contribution >= 0.6 is 0 Å². The summed E-state index contributed by atoms with van der Waals surface area (Å²) in [6, 6.07) is 7.72. The Hall–Kier alpha value is -2.17. The van der Waals surface area contributed by atoms with Gasteiger partial charge in [0.1, 0.15) is 6.33 Å². The van der Waals surface area contributed by atoms with E-state index in [1.807, 2.05) is 31.2 Å². The number of hydrogen-bond acceptors (Lipinski definition) is 4. The molecule has 0 aliphatic carbocycles. The topological polar surface area (TPSA) is 64.1 Å². The van der Waals surface area contributed by atoms with Crippen molar-refractivity contribution in [2.24, 2.45) is 0 Å². The quantitative estimate of drug-likeness (QED) is 0.877. The zero-order chi connectivity index (χ0) is 14.4. The summed E-state index contributed by atoms with van der Waals surface area (Å²) >= 11 is 0. The molecule has 0 unspecified atom stereocenters. The minimum Gasteiger partial charge on any atom is -0.467 e. The maximum Gasteiger partial charge on any atom is 0.258 e. The molecule has 0 aliphatic heterocycles. The smallest absolute Gasteiger partial charge is 0.258 e. The molecule has 5 heteroatoms. The number of carbonyl (C=O) groups excluding carboxylic acids is 1.